The van der Waals surface area contributed by atoms with Crippen LogP contribution >= 0.6 is 24.0 Å². The summed E-state index contributed by atoms with van der Waals surface area (Å²) < 4.78 is 15.7. The summed E-state index contributed by atoms with van der Waals surface area (Å²) in [6.07, 6.45) is 3.47. The number of rotatable bonds is 8. The highest BCUT2D eigenvalue weighted by Crippen LogP contribution is 2.40. The molecule has 0 aliphatic carbocycles. The molecular formula is C33H34FN5O2S2. The molecule has 10 heteroatoms. The van der Waals surface area contributed by atoms with Crippen LogP contribution in [0.15, 0.2) is 64.3 Å². The molecule has 2 aliphatic rings. The van der Waals surface area contributed by atoms with Crippen LogP contribution in [0.4, 0.5) is 15.9 Å². The molecule has 0 N–H and O–H groups in total. The van der Waals surface area contributed by atoms with Crippen molar-refractivity contribution in [1.82, 2.24) is 9.47 Å². The first-order valence-corrected chi connectivity index (χ1v) is 15.7. The second kappa shape index (κ2) is 13.1. The summed E-state index contributed by atoms with van der Waals surface area (Å²) in [6.45, 7) is 8.82. The van der Waals surface area contributed by atoms with Gasteiger partial charge in [0, 0.05) is 44.0 Å². The lowest BCUT2D eigenvalue weighted by Crippen LogP contribution is -2.48. The zero-order chi connectivity index (χ0) is 30.7. The molecule has 0 bridgehead atoms. The minimum absolute atomic E-state index is 0.0872. The topological polar surface area (TPSA) is 72.6 Å². The van der Waals surface area contributed by atoms with Gasteiger partial charge in [0.2, 0.25) is 0 Å². The Morgan fingerprint density at radius 1 is 1.05 bits per heavy atom. The predicted molar refractivity (Wildman–Crippen MR) is 176 cm³/mol. The van der Waals surface area contributed by atoms with Crippen molar-refractivity contribution in [2.75, 3.05) is 36.0 Å². The summed E-state index contributed by atoms with van der Waals surface area (Å²) in [5.74, 6) is 0.251. The van der Waals surface area contributed by atoms with Crippen molar-refractivity contribution in [2.24, 2.45) is 0 Å². The van der Waals surface area contributed by atoms with Gasteiger partial charge in [0.05, 0.1) is 10.9 Å². The van der Waals surface area contributed by atoms with Crippen molar-refractivity contribution in [3.05, 3.63) is 97.9 Å². The second-order valence-electron chi connectivity index (χ2n) is 10.7. The number of carbonyl (C=O) groups is 1. The van der Waals surface area contributed by atoms with Crippen molar-refractivity contribution in [2.45, 2.75) is 46.2 Å². The Morgan fingerprint density at radius 3 is 2.33 bits per heavy atom. The molecule has 222 valence electrons. The summed E-state index contributed by atoms with van der Waals surface area (Å²) >= 11 is 6.92. The summed E-state index contributed by atoms with van der Waals surface area (Å²) in [7, 11) is 0. The molecule has 5 rings (SSSR count). The van der Waals surface area contributed by atoms with Crippen LogP contribution < -0.4 is 15.4 Å². The summed E-state index contributed by atoms with van der Waals surface area (Å²) in [5.41, 5.74) is 2.94. The molecule has 0 radical (unpaired) electrons. The number of nitriles is 1. The molecule has 2 saturated heterocycles. The van der Waals surface area contributed by atoms with Crippen molar-refractivity contribution < 1.29 is 9.18 Å². The van der Waals surface area contributed by atoms with Crippen LogP contribution in [0.5, 0.6) is 0 Å². The van der Waals surface area contributed by atoms with E-state index in [1.54, 1.807) is 28.5 Å². The number of carbonyl (C=O) groups excluding carboxylic acids is 1. The number of nitrogens with zero attached hydrogens (tertiary/aromatic N) is 5. The number of anilines is 2. The summed E-state index contributed by atoms with van der Waals surface area (Å²) in [5, 5.41) is 10.0. The molecule has 1 unspecified atom stereocenters. The van der Waals surface area contributed by atoms with Crippen LogP contribution in [0.1, 0.15) is 55.0 Å². The third kappa shape index (κ3) is 6.10. The van der Waals surface area contributed by atoms with Crippen LogP contribution in [0, 0.1) is 24.1 Å². The Kier molecular flexibility index (Phi) is 9.33. The molecule has 1 amide bonds. The van der Waals surface area contributed by atoms with E-state index < -0.39 is 0 Å². The molecule has 7 nitrogen and oxygen atoms in total. The first kappa shape index (κ1) is 30.5. The van der Waals surface area contributed by atoms with Gasteiger partial charge in [-0.25, -0.2) is 4.39 Å². The standard InChI is InChI=1S/C33H34FN5O2S2/c1-4-5-15-38-30(37-18-16-36(17-19-37)26-13-11-25(34)12-14-26)27(22(2)28(21-35)31(38)40)20-29-32(41)39(33(42)43-29)23(3)24-9-7-6-8-10-24/h6-14,20,23H,4-5,15-19H2,1-3H3/b29-20-. The third-order valence-electron chi connectivity index (χ3n) is 8.12. The molecule has 3 aromatic rings. The Bertz CT molecular complexity index is 1660. The average Bonchev–Trinajstić information content (AvgIpc) is 3.30. The largest absolute Gasteiger partial charge is 0.368 e. The number of halogens is 1. The maximum Gasteiger partial charge on any atom is 0.270 e. The summed E-state index contributed by atoms with van der Waals surface area (Å²) in [6, 6.07) is 18.1. The fraction of sp³-hybridized carbons (Fsp3) is 0.333. The first-order valence-electron chi connectivity index (χ1n) is 14.5. The normalized spacial score (nSPS) is 17.1. The van der Waals surface area contributed by atoms with Gasteiger partial charge in [0.25, 0.3) is 11.5 Å². The van der Waals surface area contributed by atoms with Gasteiger partial charge in [-0.3, -0.25) is 19.1 Å². The molecule has 1 aromatic heterocycles. The van der Waals surface area contributed by atoms with Gasteiger partial charge in [0.1, 0.15) is 27.6 Å². The van der Waals surface area contributed by atoms with Crippen LogP contribution in [0.3, 0.4) is 0 Å². The smallest absolute Gasteiger partial charge is 0.270 e. The van der Waals surface area contributed by atoms with E-state index in [0.717, 1.165) is 29.9 Å². The molecule has 0 spiro atoms. The summed E-state index contributed by atoms with van der Waals surface area (Å²) in [4.78, 5) is 33.9. The number of unbranched alkanes of at least 4 members (excludes halogenated alkanes) is 1. The first-order chi connectivity index (χ1) is 20.7. The number of thioether (sulfide) groups is 1. The van der Waals surface area contributed by atoms with E-state index in [1.165, 1.54) is 23.9 Å². The van der Waals surface area contributed by atoms with Crippen LogP contribution in [-0.4, -0.2) is 45.9 Å². The number of aromatic nitrogens is 1. The fourth-order valence-electron chi connectivity index (χ4n) is 5.66. The van der Waals surface area contributed by atoms with Gasteiger partial charge in [-0.2, -0.15) is 5.26 Å². The quantitative estimate of drug-likeness (QED) is 0.219. The van der Waals surface area contributed by atoms with Crippen LogP contribution in [0.2, 0.25) is 0 Å². The Labute approximate surface area is 261 Å². The number of benzene rings is 2. The van der Waals surface area contributed by atoms with Crippen molar-refractivity contribution in [3.8, 4) is 6.07 Å². The Balaban J connectivity index is 1.56. The molecule has 1 atom stereocenters. The average molecular weight is 616 g/mol. The molecule has 2 aliphatic heterocycles. The van der Waals surface area contributed by atoms with E-state index in [2.05, 4.69) is 22.8 Å². The molecule has 3 heterocycles. The van der Waals surface area contributed by atoms with Crippen molar-refractivity contribution in [3.63, 3.8) is 0 Å². The minimum atomic E-state index is -0.313. The van der Waals surface area contributed by atoms with Crippen LogP contribution in [-0.2, 0) is 11.3 Å². The highest BCUT2D eigenvalue weighted by atomic mass is 32.2. The predicted octanol–water partition coefficient (Wildman–Crippen LogP) is 6.26. The van der Waals surface area contributed by atoms with Crippen molar-refractivity contribution >= 4 is 51.8 Å². The fourth-order valence-corrected chi connectivity index (χ4v) is 7.06. The molecule has 0 saturated carbocycles. The highest BCUT2D eigenvalue weighted by Gasteiger charge is 2.37. The van der Waals surface area contributed by atoms with Gasteiger partial charge in [-0.1, -0.05) is 67.7 Å². The van der Waals surface area contributed by atoms with Crippen molar-refractivity contribution in [1.29, 1.82) is 5.26 Å². The number of hydrogen-bond acceptors (Lipinski definition) is 7. The molecule has 43 heavy (non-hydrogen) atoms. The van der Waals surface area contributed by atoms with Gasteiger partial charge in [-0.15, -0.1) is 0 Å². The number of thiocarbonyl (C=S) groups is 1. The van der Waals surface area contributed by atoms with E-state index >= 15 is 0 Å². The zero-order valence-corrected chi connectivity index (χ0v) is 26.2. The lowest BCUT2D eigenvalue weighted by molar-refractivity contribution is -0.123. The van der Waals surface area contributed by atoms with E-state index in [1.807, 2.05) is 43.3 Å². The maximum atomic E-state index is 13.8. The number of amides is 1. The van der Waals surface area contributed by atoms with Gasteiger partial charge < -0.3 is 9.80 Å². The SMILES string of the molecule is CCCCn1c(N2CCN(c3ccc(F)cc3)CC2)c(/C=C2\SC(=S)N(C(C)c3ccccc3)C2=O)c(C)c(C#N)c1=O. The number of piperazine rings is 1. The van der Waals surface area contributed by atoms with Gasteiger partial charge in [-0.05, 0) is 61.7 Å². The lowest BCUT2D eigenvalue weighted by atomic mass is 10.0. The van der Waals surface area contributed by atoms with E-state index in [4.69, 9.17) is 12.2 Å². The monoisotopic (exact) mass is 615 g/mol. The van der Waals surface area contributed by atoms with E-state index in [0.29, 0.717) is 53.1 Å². The minimum Gasteiger partial charge on any atom is -0.368 e. The highest BCUT2D eigenvalue weighted by molar-refractivity contribution is 8.26. The molecular weight excluding hydrogens is 582 g/mol. The second-order valence-corrected chi connectivity index (χ2v) is 12.4. The zero-order valence-electron chi connectivity index (χ0n) is 24.5. The molecule has 2 fully saturated rings. The Hall–Kier alpha value is -3.94. The van der Waals surface area contributed by atoms with Gasteiger partial charge >= 0.3 is 0 Å². The number of hydrogen-bond donors (Lipinski definition) is 0. The van der Waals surface area contributed by atoms with Gasteiger partial charge in [0.15, 0.2) is 0 Å². The lowest BCUT2D eigenvalue weighted by Gasteiger charge is -2.39. The van der Waals surface area contributed by atoms with Crippen LogP contribution in [0.25, 0.3) is 6.08 Å². The van der Waals surface area contributed by atoms with E-state index in [-0.39, 0.29) is 28.9 Å². The number of pyridine rings is 1. The third-order valence-corrected chi connectivity index (χ3v) is 9.45. The maximum absolute atomic E-state index is 13.8. The molecule has 2 aromatic carbocycles. The van der Waals surface area contributed by atoms with E-state index in [9.17, 15) is 19.2 Å². The Morgan fingerprint density at radius 2 is 1.70 bits per heavy atom.